The molecule has 0 spiro atoms. The summed E-state index contributed by atoms with van der Waals surface area (Å²) in [7, 11) is 0. The van der Waals surface area contributed by atoms with Gasteiger partial charge in [-0.1, -0.05) is 29.8 Å². The van der Waals surface area contributed by atoms with Crippen molar-refractivity contribution in [3.8, 4) is 0 Å². The number of hydrogen-bond donors (Lipinski definition) is 1. The monoisotopic (exact) mass is 244 g/mol. The molecule has 0 aliphatic heterocycles. The average Bonchev–Trinajstić information content (AvgIpc) is 2.76. The Bertz CT molecular complexity index is 529. The van der Waals surface area contributed by atoms with Crippen molar-refractivity contribution < 1.29 is 9.21 Å². The van der Waals surface area contributed by atoms with E-state index in [9.17, 15) is 4.79 Å². The van der Waals surface area contributed by atoms with Crippen molar-refractivity contribution in [2.75, 3.05) is 0 Å². The van der Waals surface area contributed by atoms with Gasteiger partial charge in [0.2, 0.25) is 11.8 Å². The molecule has 2 aromatic rings. The maximum atomic E-state index is 11.7. The van der Waals surface area contributed by atoms with Crippen molar-refractivity contribution in [1.82, 2.24) is 10.3 Å². The number of carbonyl (C=O) groups is 1. The molecule has 0 radical (unpaired) electrons. The van der Waals surface area contributed by atoms with Crippen LogP contribution in [0.25, 0.3) is 0 Å². The highest BCUT2D eigenvalue weighted by Gasteiger charge is 2.05. The van der Waals surface area contributed by atoms with Crippen LogP contribution >= 0.6 is 0 Å². The summed E-state index contributed by atoms with van der Waals surface area (Å²) in [6.07, 6.45) is 2.02. The second-order valence-electron chi connectivity index (χ2n) is 4.30. The zero-order valence-electron chi connectivity index (χ0n) is 10.6. The largest absolute Gasteiger partial charge is 0.444 e. The number of hydrogen-bond acceptors (Lipinski definition) is 3. The topological polar surface area (TPSA) is 55.1 Å². The van der Waals surface area contributed by atoms with Crippen LogP contribution in [0.2, 0.25) is 0 Å². The van der Waals surface area contributed by atoms with E-state index < -0.39 is 0 Å². The van der Waals surface area contributed by atoms with Crippen molar-refractivity contribution in [2.45, 2.75) is 26.8 Å². The minimum Gasteiger partial charge on any atom is -0.444 e. The molecule has 0 unspecified atom stereocenters. The van der Waals surface area contributed by atoms with Crippen LogP contribution in [0, 0.1) is 13.8 Å². The van der Waals surface area contributed by atoms with Crippen molar-refractivity contribution in [2.24, 2.45) is 0 Å². The molecule has 18 heavy (non-hydrogen) atoms. The number of carbonyl (C=O) groups excluding carboxylic acids is 1. The zero-order valence-corrected chi connectivity index (χ0v) is 10.6. The summed E-state index contributed by atoms with van der Waals surface area (Å²) < 4.78 is 5.27. The second-order valence-corrected chi connectivity index (χ2v) is 4.30. The summed E-state index contributed by atoms with van der Waals surface area (Å²) in [5, 5.41) is 2.78. The van der Waals surface area contributed by atoms with Gasteiger partial charge in [-0.05, 0) is 19.4 Å². The van der Waals surface area contributed by atoms with E-state index in [0.29, 0.717) is 18.9 Å². The van der Waals surface area contributed by atoms with E-state index in [1.54, 1.807) is 6.20 Å². The highest BCUT2D eigenvalue weighted by Crippen LogP contribution is 2.04. The fourth-order valence-corrected chi connectivity index (χ4v) is 1.61. The van der Waals surface area contributed by atoms with Gasteiger partial charge >= 0.3 is 0 Å². The molecule has 1 heterocycles. The first-order chi connectivity index (χ1) is 8.63. The van der Waals surface area contributed by atoms with Crippen LogP contribution in [0.15, 0.2) is 34.9 Å². The lowest BCUT2D eigenvalue weighted by atomic mass is 10.1. The Labute approximate surface area is 106 Å². The molecule has 1 aromatic heterocycles. The van der Waals surface area contributed by atoms with E-state index in [0.717, 1.165) is 11.3 Å². The Morgan fingerprint density at radius 3 is 2.61 bits per heavy atom. The lowest BCUT2D eigenvalue weighted by Gasteiger charge is -2.03. The molecular formula is C14H16N2O2. The standard InChI is InChI=1S/C14H16N2O2/c1-10-3-5-12(6-4-10)7-13(17)15-9-14-16-8-11(2)18-14/h3-6,8H,7,9H2,1-2H3,(H,15,17). The van der Waals surface area contributed by atoms with Gasteiger partial charge in [0, 0.05) is 0 Å². The summed E-state index contributed by atoms with van der Waals surface area (Å²) in [6, 6.07) is 7.93. The third-order valence-corrected chi connectivity index (χ3v) is 2.59. The van der Waals surface area contributed by atoms with E-state index >= 15 is 0 Å². The van der Waals surface area contributed by atoms with E-state index in [1.165, 1.54) is 5.56 Å². The first kappa shape index (κ1) is 12.4. The van der Waals surface area contributed by atoms with Crippen LogP contribution < -0.4 is 5.32 Å². The van der Waals surface area contributed by atoms with Gasteiger partial charge in [0.15, 0.2) is 0 Å². The Kier molecular flexibility index (Phi) is 3.77. The normalized spacial score (nSPS) is 10.3. The highest BCUT2D eigenvalue weighted by molar-refractivity contribution is 5.78. The van der Waals surface area contributed by atoms with Gasteiger partial charge in [-0.2, -0.15) is 0 Å². The molecule has 0 fully saturated rings. The molecule has 0 saturated heterocycles. The summed E-state index contributed by atoms with van der Waals surface area (Å²) in [5.41, 5.74) is 2.19. The number of aromatic nitrogens is 1. The van der Waals surface area contributed by atoms with E-state index in [2.05, 4.69) is 10.3 Å². The molecule has 0 aliphatic carbocycles. The maximum Gasteiger partial charge on any atom is 0.224 e. The summed E-state index contributed by atoms with van der Waals surface area (Å²) in [5.74, 6) is 1.25. The predicted octanol–water partition coefficient (Wildman–Crippen LogP) is 2.15. The molecule has 2 rings (SSSR count). The molecule has 1 aromatic carbocycles. The smallest absolute Gasteiger partial charge is 0.224 e. The lowest BCUT2D eigenvalue weighted by molar-refractivity contribution is -0.120. The van der Waals surface area contributed by atoms with Crippen LogP contribution in [-0.2, 0) is 17.8 Å². The molecule has 0 bridgehead atoms. The van der Waals surface area contributed by atoms with Gasteiger partial charge in [-0.3, -0.25) is 4.79 Å². The van der Waals surface area contributed by atoms with Crippen LogP contribution in [0.4, 0.5) is 0 Å². The highest BCUT2D eigenvalue weighted by atomic mass is 16.4. The third kappa shape index (κ3) is 3.45. The van der Waals surface area contributed by atoms with Crippen molar-refractivity contribution in [1.29, 1.82) is 0 Å². The molecule has 4 heteroatoms. The predicted molar refractivity (Wildman–Crippen MR) is 68.0 cm³/mol. The van der Waals surface area contributed by atoms with Gasteiger partial charge in [0.1, 0.15) is 5.76 Å². The molecule has 0 atom stereocenters. The van der Waals surface area contributed by atoms with Crippen LogP contribution in [0.1, 0.15) is 22.8 Å². The Balaban J connectivity index is 1.83. The van der Waals surface area contributed by atoms with Crippen LogP contribution in [0.3, 0.4) is 0 Å². The van der Waals surface area contributed by atoms with Gasteiger partial charge in [-0.25, -0.2) is 4.98 Å². The molecule has 0 aliphatic rings. The lowest BCUT2D eigenvalue weighted by Crippen LogP contribution is -2.24. The first-order valence-corrected chi connectivity index (χ1v) is 5.87. The quantitative estimate of drug-likeness (QED) is 0.896. The third-order valence-electron chi connectivity index (χ3n) is 2.59. The number of rotatable bonds is 4. The number of nitrogens with one attached hydrogen (secondary N) is 1. The summed E-state index contributed by atoms with van der Waals surface area (Å²) in [6.45, 7) is 4.18. The number of nitrogens with zero attached hydrogens (tertiary/aromatic N) is 1. The van der Waals surface area contributed by atoms with Crippen molar-refractivity contribution in [3.63, 3.8) is 0 Å². The number of aryl methyl sites for hydroxylation is 2. The Morgan fingerprint density at radius 1 is 1.28 bits per heavy atom. The minimum atomic E-state index is -0.0327. The molecular weight excluding hydrogens is 228 g/mol. The van der Waals surface area contributed by atoms with E-state index in [1.807, 2.05) is 38.1 Å². The zero-order chi connectivity index (χ0) is 13.0. The molecule has 1 N–H and O–H groups in total. The molecule has 1 amide bonds. The molecule has 0 saturated carbocycles. The number of amides is 1. The van der Waals surface area contributed by atoms with Gasteiger partial charge in [0.25, 0.3) is 0 Å². The van der Waals surface area contributed by atoms with Gasteiger partial charge < -0.3 is 9.73 Å². The van der Waals surface area contributed by atoms with Crippen molar-refractivity contribution >= 4 is 5.91 Å². The van der Waals surface area contributed by atoms with E-state index in [4.69, 9.17) is 4.42 Å². The Morgan fingerprint density at radius 2 is 2.00 bits per heavy atom. The van der Waals surface area contributed by atoms with Crippen LogP contribution in [0.5, 0.6) is 0 Å². The maximum absolute atomic E-state index is 11.7. The molecule has 94 valence electrons. The number of oxazole rings is 1. The van der Waals surface area contributed by atoms with Gasteiger partial charge in [-0.15, -0.1) is 0 Å². The summed E-state index contributed by atoms with van der Waals surface area (Å²) >= 11 is 0. The number of benzene rings is 1. The second kappa shape index (κ2) is 5.49. The SMILES string of the molecule is Cc1ccc(CC(=O)NCc2ncc(C)o2)cc1. The van der Waals surface area contributed by atoms with E-state index in [-0.39, 0.29) is 5.91 Å². The average molecular weight is 244 g/mol. The Hall–Kier alpha value is -2.10. The molecule has 4 nitrogen and oxygen atoms in total. The first-order valence-electron chi connectivity index (χ1n) is 5.87. The minimum absolute atomic E-state index is 0.0327. The van der Waals surface area contributed by atoms with Crippen molar-refractivity contribution in [3.05, 3.63) is 53.2 Å². The fourth-order valence-electron chi connectivity index (χ4n) is 1.61. The van der Waals surface area contributed by atoms with Crippen LogP contribution in [-0.4, -0.2) is 10.9 Å². The fraction of sp³-hybridized carbons (Fsp3) is 0.286. The summed E-state index contributed by atoms with van der Waals surface area (Å²) in [4.78, 5) is 15.7. The van der Waals surface area contributed by atoms with Gasteiger partial charge in [0.05, 0.1) is 19.2 Å².